The Morgan fingerprint density at radius 3 is 2.71 bits per heavy atom. The Labute approximate surface area is 147 Å². The van der Waals surface area contributed by atoms with Crippen molar-refractivity contribution in [3.8, 4) is 0 Å². The molecule has 0 unspecified atom stereocenters. The van der Waals surface area contributed by atoms with Crippen LogP contribution in [0.15, 0.2) is 10.4 Å². The van der Waals surface area contributed by atoms with E-state index in [2.05, 4.69) is 20.7 Å². The van der Waals surface area contributed by atoms with Gasteiger partial charge in [0, 0.05) is 26.0 Å². The number of halogens is 1. The van der Waals surface area contributed by atoms with Crippen LogP contribution in [-0.2, 0) is 6.54 Å². The summed E-state index contributed by atoms with van der Waals surface area (Å²) in [5.41, 5.74) is 0.492. The fraction of sp³-hybridized carbons (Fsp3) is 0.714. The van der Waals surface area contributed by atoms with Gasteiger partial charge in [-0.2, -0.15) is 0 Å². The van der Waals surface area contributed by atoms with Crippen LogP contribution < -0.4 is 5.32 Å². The van der Waals surface area contributed by atoms with Crippen LogP contribution in [-0.4, -0.2) is 47.2 Å². The quantitative estimate of drug-likeness (QED) is 0.443. The summed E-state index contributed by atoms with van der Waals surface area (Å²) < 4.78 is 0. The number of hydrogen-bond donors (Lipinski definition) is 2. The third-order valence-corrected chi connectivity index (χ3v) is 4.57. The first-order valence-electron chi connectivity index (χ1n) is 7.07. The minimum Gasteiger partial charge on any atom is -0.388 e. The van der Waals surface area contributed by atoms with Crippen molar-refractivity contribution in [2.45, 2.75) is 44.8 Å². The Bertz CT molecular complexity index is 471. The van der Waals surface area contributed by atoms with E-state index in [0.29, 0.717) is 6.54 Å². The molecule has 0 spiro atoms. The first kappa shape index (κ1) is 18.6. The van der Waals surface area contributed by atoms with Gasteiger partial charge < -0.3 is 15.3 Å². The molecule has 7 heteroatoms. The SMILES string of the molecule is CN=C(NCC1(O)CCCC1)N(C)Cc1csc(C)n1.I. The van der Waals surface area contributed by atoms with Crippen LogP contribution in [0.5, 0.6) is 0 Å². The number of guanidine groups is 1. The summed E-state index contributed by atoms with van der Waals surface area (Å²) in [6, 6.07) is 0. The molecule has 5 nitrogen and oxygen atoms in total. The lowest BCUT2D eigenvalue weighted by atomic mass is 10.0. The maximum absolute atomic E-state index is 10.4. The van der Waals surface area contributed by atoms with Gasteiger partial charge in [-0.15, -0.1) is 35.3 Å². The zero-order valence-electron chi connectivity index (χ0n) is 12.9. The van der Waals surface area contributed by atoms with Crippen LogP contribution >= 0.6 is 35.3 Å². The highest BCUT2D eigenvalue weighted by atomic mass is 127. The van der Waals surface area contributed by atoms with E-state index in [4.69, 9.17) is 0 Å². The molecule has 0 radical (unpaired) electrons. The molecular weight excluding hydrogens is 399 g/mol. The Kier molecular flexibility index (Phi) is 7.35. The van der Waals surface area contributed by atoms with Gasteiger partial charge in [0.05, 0.1) is 22.8 Å². The number of thiazole rings is 1. The molecule has 0 aromatic carbocycles. The van der Waals surface area contributed by atoms with Gasteiger partial charge in [0.1, 0.15) is 0 Å². The number of aromatic nitrogens is 1. The van der Waals surface area contributed by atoms with Gasteiger partial charge in [-0.25, -0.2) is 4.98 Å². The first-order chi connectivity index (χ1) is 9.52. The van der Waals surface area contributed by atoms with Crippen LogP contribution in [0.3, 0.4) is 0 Å². The number of aliphatic imine (C=N–C) groups is 1. The number of nitrogens with one attached hydrogen (secondary N) is 1. The summed E-state index contributed by atoms with van der Waals surface area (Å²) in [5.74, 6) is 0.802. The van der Waals surface area contributed by atoms with Crippen molar-refractivity contribution in [3.63, 3.8) is 0 Å². The third-order valence-electron chi connectivity index (χ3n) is 3.75. The predicted molar refractivity (Wildman–Crippen MR) is 98.5 cm³/mol. The van der Waals surface area contributed by atoms with Crippen molar-refractivity contribution in [3.05, 3.63) is 16.1 Å². The number of rotatable bonds is 4. The average molecular weight is 424 g/mol. The van der Waals surface area contributed by atoms with Crippen molar-refractivity contribution < 1.29 is 5.11 Å². The minimum absolute atomic E-state index is 0. The zero-order chi connectivity index (χ0) is 14.6. The van der Waals surface area contributed by atoms with Crippen molar-refractivity contribution in [1.82, 2.24) is 15.2 Å². The van der Waals surface area contributed by atoms with E-state index in [1.165, 1.54) is 0 Å². The number of aryl methyl sites for hydroxylation is 1. The van der Waals surface area contributed by atoms with Gasteiger partial charge in [0.2, 0.25) is 0 Å². The summed E-state index contributed by atoms with van der Waals surface area (Å²) in [7, 11) is 3.76. The maximum atomic E-state index is 10.4. The Morgan fingerprint density at radius 2 is 2.19 bits per heavy atom. The van der Waals surface area contributed by atoms with E-state index in [0.717, 1.165) is 48.9 Å². The molecule has 1 saturated carbocycles. The molecule has 1 aromatic heterocycles. The standard InChI is InChI=1S/C14H24N4OS.HI/c1-11-17-12(9-20-11)8-18(3)13(15-2)16-10-14(19)6-4-5-7-14;/h9,19H,4-8,10H2,1-3H3,(H,15,16);1H. The van der Waals surface area contributed by atoms with Crippen LogP contribution in [0, 0.1) is 6.92 Å². The number of nitrogens with zero attached hydrogens (tertiary/aromatic N) is 3. The number of hydrogen-bond acceptors (Lipinski definition) is 4. The molecule has 2 N–H and O–H groups in total. The molecular formula is C14H25IN4OS. The summed E-state index contributed by atoms with van der Waals surface area (Å²) >= 11 is 1.66. The second-order valence-electron chi connectivity index (χ2n) is 5.55. The normalized spacial score (nSPS) is 17.4. The van der Waals surface area contributed by atoms with Gasteiger partial charge in [0.15, 0.2) is 5.96 Å². The lowest BCUT2D eigenvalue weighted by molar-refractivity contribution is 0.0516. The minimum atomic E-state index is -0.562. The molecule has 1 fully saturated rings. The Hall–Kier alpha value is -0.410. The molecule has 120 valence electrons. The molecule has 0 saturated heterocycles. The second kappa shape index (κ2) is 8.28. The predicted octanol–water partition coefficient (Wildman–Crippen LogP) is 2.38. The topological polar surface area (TPSA) is 60.8 Å². The highest BCUT2D eigenvalue weighted by Crippen LogP contribution is 2.28. The highest BCUT2D eigenvalue weighted by molar-refractivity contribution is 14.0. The smallest absolute Gasteiger partial charge is 0.193 e. The largest absolute Gasteiger partial charge is 0.388 e. The maximum Gasteiger partial charge on any atom is 0.193 e. The van der Waals surface area contributed by atoms with Crippen molar-refractivity contribution >= 4 is 41.3 Å². The van der Waals surface area contributed by atoms with Gasteiger partial charge in [0.25, 0.3) is 0 Å². The number of aliphatic hydroxyl groups is 1. The van der Waals surface area contributed by atoms with Gasteiger partial charge in [-0.05, 0) is 19.8 Å². The summed E-state index contributed by atoms with van der Waals surface area (Å²) in [4.78, 5) is 10.8. The van der Waals surface area contributed by atoms with Crippen LogP contribution in [0.2, 0.25) is 0 Å². The molecule has 1 heterocycles. The van der Waals surface area contributed by atoms with E-state index >= 15 is 0 Å². The van der Waals surface area contributed by atoms with Gasteiger partial charge in [-0.3, -0.25) is 4.99 Å². The fourth-order valence-corrected chi connectivity index (χ4v) is 3.24. The highest BCUT2D eigenvalue weighted by Gasteiger charge is 2.31. The van der Waals surface area contributed by atoms with E-state index in [1.807, 2.05) is 18.9 Å². The van der Waals surface area contributed by atoms with E-state index in [1.54, 1.807) is 18.4 Å². The first-order valence-corrected chi connectivity index (χ1v) is 7.95. The second-order valence-corrected chi connectivity index (χ2v) is 6.61. The third kappa shape index (κ3) is 5.37. The summed E-state index contributed by atoms with van der Waals surface area (Å²) in [6.45, 7) is 3.30. The summed E-state index contributed by atoms with van der Waals surface area (Å²) in [6.07, 6.45) is 3.99. The molecule has 0 amide bonds. The molecule has 2 rings (SSSR count). The molecule has 0 bridgehead atoms. The lowest BCUT2D eigenvalue weighted by Crippen LogP contribution is -2.46. The van der Waals surface area contributed by atoms with Crippen LogP contribution in [0.1, 0.15) is 36.4 Å². The Balaban J connectivity index is 0.00000220. The molecule has 21 heavy (non-hydrogen) atoms. The molecule has 0 aliphatic heterocycles. The zero-order valence-corrected chi connectivity index (χ0v) is 16.1. The molecule has 0 atom stereocenters. The summed E-state index contributed by atoms with van der Waals surface area (Å²) in [5, 5.41) is 16.8. The van der Waals surface area contributed by atoms with Gasteiger partial charge >= 0.3 is 0 Å². The van der Waals surface area contributed by atoms with Crippen molar-refractivity contribution in [1.29, 1.82) is 0 Å². The van der Waals surface area contributed by atoms with E-state index in [-0.39, 0.29) is 24.0 Å². The lowest BCUT2D eigenvalue weighted by Gasteiger charge is -2.27. The molecule has 1 aliphatic carbocycles. The van der Waals surface area contributed by atoms with Crippen molar-refractivity contribution in [2.75, 3.05) is 20.6 Å². The molecule has 1 aromatic rings. The Morgan fingerprint density at radius 1 is 1.52 bits per heavy atom. The fourth-order valence-electron chi connectivity index (χ4n) is 2.64. The van der Waals surface area contributed by atoms with Crippen molar-refractivity contribution in [2.24, 2.45) is 4.99 Å². The van der Waals surface area contributed by atoms with E-state index < -0.39 is 5.60 Å². The molecule has 1 aliphatic rings. The van der Waals surface area contributed by atoms with Crippen LogP contribution in [0.25, 0.3) is 0 Å². The van der Waals surface area contributed by atoms with E-state index in [9.17, 15) is 5.11 Å². The van der Waals surface area contributed by atoms with Crippen LogP contribution in [0.4, 0.5) is 0 Å². The van der Waals surface area contributed by atoms with Gasteiger partial charge in [-0.1, -0.05) is 12.8 Å². The average Bonchev–Trinajstić information content (AvgIpc) is 3.00. The monoisotopic (exact) mass is 424 g/mol.